The summed E-state index contributed by atoms with van der Waals surface area (Å²) in [5, 5.41) is 2.80. The SMILES string of the molecule is Fc1ccc(NCCN2CCCCC2)c(F)c1F. The largest absolute Gasteiger partial charge is 0.381 e. The Hall–Kier alpha value is -1.23. The van der Waals surface area contributed by atoms with Crippen LogP contribution in [0, 0.1) is 17.5 Å². The Morgan fingerprint density at radius 2 is 1.72 bits per heavy atom. The van der Waals surface area contributed by atoms with Gasteiger partial charge in [0.2, 0.25) is 0 Å². The molecule has 0 aliphatic carbocycles. The molecule has 1 fully saturated rings. The Morgan fingerprint density at radius 3 is 2.44 bits per heavy atom. The predicted octanol–water partition coefficient (Wildman–Crippen LogP) is 3.00. The molecule has 100 valence electrons. The first-order valence-electron chi connectivity index (χ1n) is 6.28. The van der Waals surface area contributed by atoms with Crippen molar-refractivity contribution < 1.29 is 13.2 Å². The van der Waals surface area contributed by atoms with E-state index in [1.165, 1.54) is 25.3 Å². The number of nitrogens with zero attached hydrogens (tertiary/aromatic N) is 1. The standard InChI is InChI=1S/C13H17F3N2/c14-10-4-5-11(13(16)12(10)15)17-6-9-18-7-2-1-3-8-18/h4-5,17H,1-3,6-9H2. The summed E-state index contributed by atoms with van der Waals surface area (Å²) in [6.45, 7) is 3.43. The topological polar surface area (TPSA) is 15.3 Å². The molecule has 1 N–H and O–H groups in total. The third kappa shape index (κ3) is 3.16. The van der Waals surface area contributed by atoms with E-state index in [0.29, 0.717) is 6.54 Å². The summed E-state index contributed by atoms with van der Waals surface area (Å²) >= 11 is 0. The molecule has 0 amide bonds. The van der Waals surface area contributed by atoms with Crippen LogP contribution in [0.15, 0.2) is 12.1 Å². The fraction of sp³-hybridized carbons (Fsp3) is 0.538. The van der Waals surface area contributed by atoms with Crippen molar-refractivity contribution in [2.45, 2.75) is 19.3 Å². The van der Waals surface area contributed by atoms with E-state index in [1.807, 2.05) is 0 Å². The van der Waals surface area contributed by atoms with Crippen molar-refractivity contribution in [2.75, 3.05) is 31.5 Å². The molecule has 1 aromatic rings. The van der Waals surface area contributed by atoms with E-state index in [0.717, 1.165) is 25.7 Å². The minimum atomic E-state index is -1.42. The lowest BCUT2D eigenvalue weighted by Crippen LogP contribution is -2.33. The molecular formula is C13H17F3N2. The van der Waals surface area contributed by atoms with Crippen molar-refractivity contribution in [1.82, 2.24) is 4.90 Å². The molecule has 5 heteroatoms. The van der Waals surface area contributed by atoms with Crippen molar-refractivity contribution in [3.8, 4) is 0 Å². The third-order valence-electron chi connectivity index (χ3n) is 3.23. The minimum Gasteiger partial charge on any atom is -0.381 e. The van der Waals surface area contributed by atoms with Gasteiger partial charge < -0.3 is 10.2 Å². The van der Waals surface area contributed by atoms with Gasteiger partial charge in [0.25, 0.3) is 0 Å². The van der Waals surface area contributed by atoms with Crippen LogP contribution >= 0.6 is 0 Å². The summed E-state index contributed by atoms with van der Waals surface area (Å²) in [4.78, 5) is 2.29. The number of benzene rings is 1. The van der Waals surface area contributed by atoms with E-state index in [2.05, 4.69) is 10.2 Å². The summed E-state index contributed by atoms with van der Waals surface area (Å²) < 4.78 is 39.0. The van der Waals surface area contributed by atoms with Gasteiger partial charge in [0.15, 0.2) is 17.5 Å². The summed E-state index contributed by atoms with van der Waals surface area (Å²) in [5.41, 5.74) is 0.0194. The zero-order chi connectivity index (χ0) is 13.0. The van der Waals surface area contributed by atoms with Crippen LogP contribution in [0.1, 0.15) is 19.3 Å². The van der Waals surface area contributed by atoms with Crippen molar-refractivity contribution in [3.05, 3.63) is 29.6 Å². The van der Waals surface area contributed by atoms with Gasteiger partial charge in [-0.3, -0.25) is 0 Å². The van der Waals surface area contributed by atoms with Gasteiger partial charge in [0.1, 0.15) is 0 Å². The predicted molar refractivity (Wildman–Crippen MR) is 65.1 cm³/mol. The first-order valence-corrected chi connectivity index (χ1v) is 6.28. The maximum Gasteiger partial charge on any atom is 0.196 e. The van der Waals surface area contributed by atoms with Gasteiger partial charge >= 0.3 is 0 Å². The number of likely N-dealkylation sites (tertiary alicyclic amines) is 1. The molecular weight excluding hydrogens is 241 g/mol. The first kappa shape index (κ1) is 13.2. The molecule has 1 aliphatic heterocycles. The van der Waals surface area contributed by atoms with Crippen LogP contribution in [0.3, 0.4) is 0 Å². The third-order valence-corrected chi connectivity index (χ3v) is 3.23. The summed E-state index contributed by atoms with van der Waals surface area (Å²) in [7, 11) is 0. The highest BCUT2D eigenvalue weighted by atomic mass is 19.2. The molecule has 1 aromatic carbocycles. The Labute approximate surface area is 105 Å². The van der Waals surface area contributed by atoms with Gasteiger partial charge in [-0.1, -0.05) is 6.42 Å². The Bertz CT molecular complexity index is 403. The number of nitrogens with one attached hydrogen (secondary N) is 1. The maximum absolute atomic E-state index is 13.3. The second kappa shape index (κ2) is 6.09. The number of anilines is 1. The number of halogens is 3. The molecule has 1 aliphatic rings. The highest BCUT2D eigenvalue weighted by Crippen LogP contribution is 2.19. The smallest absolute Gasteiger partial charge is 0.196 e. The van der Waals surface area contributed by atoms with E-state index in [4.69, 9.17) is 0 Å². The Morgan fingerprint density at radius 1 is 1.00 bits per heavy atom. The normalized spacial score (nSPS) is 16.8. The van der Waals surface area contributed by atoms with Gasteiger partial charge in [-0.25, -0.2) is 13.2 Å². The van der Waals surface area contributed by atoms with Gasteiger partial charge in [-0.2, -0.15) is 0 Å². The molecule has 0 unspecified atom stereocenters. The molecule has 2 rings (SSSR count). The summed E-state index contributed by atoms with van der Waals surface area (Å²) in [5.74, 6) is -3.72. The fourth-order valence-electron chi connectivity index (χ4n) is 2.19. The second-order valence-electron chi connectivity index (χ2n) is 4.55. The van der Waals surface area contributed by atoms with Crippen molar-refractivity contribution in [3.63, 3.8) is 0 Å². The van der Waals surface area contributed by atoms with Crippen LogP contribution in [-0.4, -0.2) is 31.1 Å². The van der Waals surface area contributed by atoms with Gasteiger partial charge in [-0.05, 0) is 38.1 Å². The molecule has 0 saturated carbocycles. The Balaban J connectivity index is 1.84. The minimum absolute atomic E-state index is 0.0194. The number of hydrogen-bond acceptors (Lipinski definition) is 2. The molecule has 18 heavy (non-hydrogen) atoms. The van der Waals surface area contributed by atoms with E-state index < -0.39 is 17.5 Å². The van der Waals surface area contributed by atoms with Crippen LogP contribution in [-0.2, 0) is 0 Å². The molecule has 2 nitrogen and oxygen atoms in total. The molecule has 1 saturated heterocycles. The first-order chi connectivity index (χ1) is 8.68. The monoisotopic (exact) mass is 258 g/mol. The van der Waals surface area contributed by atoms with Crippen molar-refractivity contribution in [1.29, 1.82) is 0 Å². The van der Waals surface area contributed by atoms with Crippen LogP contribution in [0.4, 0.5) is 18.9 Å². The van der Waals surface area contributed by atoms with Crippen molar-refractivity contribution >= 4 is 5.69 Å². The average molecular weight is 258 g/mol. The number of rotatable bonds is 4. The lowest BCUT2D eigenvalue weighted by atomic mass is 10.1. The van der Waals surface area contributed by atoms with Crippen LogP contribution in [0.2, 0.25) is 0 Å². The lowest BCUT2D eigenvalue weighted by Gasteiger charge is -2.26. The quantitative estimate of drug-likeness (QED) is 0.835. The second-order valence-corrected chi connectivity index (χ2v) is 4.55. The van der Waals surface area contributed by atoms with Crippen LogP contribution in [0.5, 0.6) is 0 Å². The zero-order valence-corrected chi connectivity index (χ0v) is 10.2. The van der Waals surface area contributed by atoms with E-state index in [1.54, 1.807) is 0 Å². The zero-order valence-electron chi connectivity index (χ0n) is 10.2. The lowest BCUT2D eigenvalue weighted by molar-refractivity contribution is 0.237. The maximum atomic E-state index is 13.3. The van der Waals surface area contributed by atoms with Gasteiger partial charge in [0.05, 0.1) is 5.69 Å². The van der Waals surface area contributed by atoms with Gasteiger partial charge in [-0.15, -0.1) is 0 Å². The van der Waals surface area contributed by atoms with E-state index >= 15 is 0 Å². The van der Waals surface area contributed by atoms with E-state index in [-0.39, 0.29) is 5.69 Å². The highest BCUT2D eigenvalue weighted by molar-refractivity contribution is 5.45. The van der Waals surface area contributed by atoms with Crippen molar-refractivity contribution in [2.24, 2.45) is 0 Å². The molecule has 0 atom stereocenters. The molecule has 0 radical (unpaired) electrons. The molecule has 1 heterocycles. The Kier molecular flexibility index (Phi) is 4.47. The number of hydrogen-bond donors (Lipinski definition) is 1. The molecule has 0 aromatic heterocycles. The average Bonchev–Trinajstić information content (AvgIpc) is 2.40. The summed E-state index contributed by atoms with van der Waals surface area (Å²) in [6, 6.07) is 2.16. The van der Waals surface area contributed by atoms with E-state index in [9.17, 15) is 13.2 Å². The highest BCUT2D eigenvalue weighted by Gasteiger charge is 2.13. The number of piperidine rings is 1. The molecule has 0 spiro atoms. The summed E-state index contributed by atoms with van der Waals surface area (Å²) in [6.07, 6.45) is 3.65. The van der Waals surface area contributed by atoms with Gasteiger partial charge in [0, 0.05) is 13.1 Å². The molecule has 0 bridgehead atoms. The van der Waals surface area contributed by atoms with Crippen LogP contribution in [0.25, 0.3) is 0 Å². The van der Waals surface area contributed by atoms with Crippen LogP contribution < -0.4 is 5.32 Å². The fourth-order valence-corrected chi connectivity index (χ4v) is 2.19.